The second-order valence-electron chi connectivity index (χ2n) is 20.8. The molecule has 0 fully saturated rings. The van der Waals surface area contributed by atoms with Crippen LogP contribution in [0.15, 0.2) is 0 Å². The molecule has 0 aliphatic heterocycles. The Bertz CT molecular complexity index is 461. The topological polar surface area (TPSA) is 0 Å². The van der Waals surface area contributed by atoms with E-state index in [4.69, 9.17) is 0 Å². The van der Waals surface area contributed by atoms with Gasteiger partial charge in [0, 0.05) is 0 Å². The third-order valence-electron chi connectivity index (χ3n) is 3.00. The fraction of sp³-hybridized carbons (Fsp3) is 1.00. The molecule has 262 valence electrons. The Hall–Kier alpha value is 3.26. The van der Waals surface area contributed by atoms with Crippen LogP contribution in [0.1, 0.15) is 194 Å². The second-order valence-corrected chi connectivity index (χ2v) is 52.9. The molecule has 44 heavy (non-hydrogen) atoms. The van der Waals surface area contributed by atoms with Crippen molar-refractivity contribution >= 4 is 94.8 Å². The molecule has 0 aromatic carbocycles. The summed E-state index contributed by atoms with van der Waals surface area (Å²) < 4.78 is 6.54. The fourth-order valence-electron chi connectivity index (χ4n) is 4.50. The van der Waals surface area contributed by atoms with Gasteiger partial charge in [0.25, 0.3) is 0 Å². The van der Waals surface area contributed by atoms with Gasteiger partial charge in [-0.15, -0.1) is 0 Å². The van der Waals surface area contributed by atoms with Crippen LogP contribution in [0.4, 0.5) is 0 Å². The summed E-state index contributed by atoms with van der Waals surface area (Å²) in [5.74, 6) is 0. The minimum atomic E-state index is 0.208. The van der Waals surface area contributed by atoms with E-state index in [0.29, 0.717) is 34.0 Å². The first-order chi connectivity index (χ1) is 18.3. The molecular weight excluding hydrogens is 892 g/mol. The van der Waals surface area contributed by atoms with Crippen LogP contribution >= 0.6 is 0 Å². The minimum absolute atomic E-state index is 0.208. The van der Waals surface area contributed by atoms with Gasteiger partial charge in [-0.05, 0) is 0 Å². The maximum atomic E-state index is 2.35. The Balaban J connectivity index is -0.000000101. The van der Waals surface area contributed by atoms with Crippen molar-refractivity contribution in [1.82, 2.24) is 0 Å². The third-order valence-corrected chi connectivity index (χ3v) is 15.6. The SMILES string of the molecule is C[CH](C)[Ge].C[CH](C)[Ge].C[C](C)(C)[Ge][C](C)(C)C.C[C](C)(C)[Ge][C](C)(C)C.C[C](C)(C)[Ge][C](C)(C)C.C[C](C)(C)[Ge][C](C)(C)C. The molecule has 0 atom stereocenters. The van der Waals surface area contributed by atoms with Crippen molar-refractivity contribution in [3.05, 3.63) is 0 Å². The van der Waals surface area contributed by atoms with Gasteiger partial charge in [-0.1, -0.05) is 0 Å². The Kier molecular flexibility index (Phi) is 34.1. The van der Waals surface area contributed by atoms with E-state index in [1.807, 2.05) is 0 Å². The van der Waals surface area contributed by atoms with Crippen molar-refractivity contribution < 1.29 is 0 Å². The maximum absolute atomic E-state index is 2.35. The monoisotopic (exact) mass is 986 g/mol. The summed E-state index contributed by atoms with van der Waals surface area (Å²) in [6.07, 6.45) is 0. The summed E-state index contributed by atoms with van der Waals surface area (Å²) in [5.41, 5.74) is 0. The molecule has 0 saturated heterocycles. The predicted molar refractivity (Wildman–Crippen MR) is 222 cm³/mol. The van der Waals surface area contributed by atoms with Crippen LogP contribution in [-0.2, 0) is 0 Å². The Morgan fingerprint density at radius 2 is 0.295 bits per heavy atom. The summed E-state index contributed by atoms with van der Waals surface area (Å²) in [6.45, 7) is 65.0. The summed E-state index contributed by atoms with van der Waals surface area (Å²) in [4.78, 5) is 0. The number of hydrogen-bond donors (Lipinski definition) is 0. The summed E-state index contributed by atoms with van der Waals surface area (Å²) >= 11 is 5.17. The zero-order valence-electron chi connectivity index (χ0n) is 36.2. The third kappa shape index (κ3) is 119. The van der Waals surface area contributed by atoms with Crippen LogP contribution in [-0.4, -0.2) is 94.8 Å². The van der Waals surface area contributed by atoms with Crippen molar-refractivity contribution in [2.24, 2.45) is 0 Å². The molecule has 0 aromatic heterocycles. The van der Waals surface area contributed by atoms with Crippen LogP contribution in [0.25, 0.3) is 0 Å². The quantitative estimate of drug-likeness (QED) is 0.212. The molecule has 0 rings (SSSR count). The van der Waals surface area contributed by atoms with Gasteiger partial charge in [0.2, 0.25) is 0 Å². The standard InChI is InChI=1S/4C8H18Ge.2C3H7Ge/c4*1-7(2,3)9-8(4,5)6;2*1-3(2)4/h4*1-6H3;2*3H,1-2H3. The van der Waals surface area contributed by atoms with Gasteiger partial charge >= 0.3 is 332 Å². The molecule has 0 nitrogen and oxygen atoms in total. The van der Waals surface area contributed by atoms with E-state index in [1.165, 1.54) is 0 Å². The van der Waals surface area contributed by atoms with Crippen LogP contribution in [0.5, 0.6) is 0 Å². The first-order valence-electron chi connectivity index (χ1n) is 16.9. The second kappa shape index (κ2) is 25.2. The fourth-order valence-corrected chi connectivity index (χ4v) is 23.4. The molecule has 0 amide bonds. The van der Waals surface area contributed by atoms with E-state index in [0.717, 1.165) is 9.50 Å². The Labute approximate surface area is 328 Å². The molecule has 0 heterocycles. The van der Waals surface area contributed by atoms with E-state index < -0.39 is 0 Å². The molecule has 0 unspecified atom stereocenters. The first-order valence-corrected chi connectivity index (χ1v) is 27.7. The van der Waals surface area contributed by atoms with Gasteiger partial charge in [-0.3, -0.25) is 0 Å². The molecule has 0 aromatic rings. The van der Waals surface area contributed by atoms with E-state index in [2.05, 4.69) is 227 Å². The van der Waals surface area contributed by atoms with Crippen LogP contribution in [0.2, 0.25) is 43.5 Å². The van der Waals surface area contributed by atoms with Gasteiger partial charge in [-0.25, -0.2) is 0 Å². The number of hydrogen-bond acceptors (Lipinski definition) is 0. The van der Waals surface area contributed by atoms with Gasteiger partial charge < -0.3 is 0 Å². The molecule has 6 heteroatoms. The predicted octanol–water partition coefficient (Wildman–Crippen LogP) is 14.5. The van der Waals surface area contributed by atoms with E-state index >= 15 is 0 Å². The molecule has 0 saturated carbocycles. The van der Waals surface area contributed by atoms with Crippen LogP contribution < -0.4 is 0 Å². The number of rotatable bonds is 0. The van der Waals surface area contributed by atoms with Gasteiger partial charge in [0.15, 0.2) is 0 Å². The van der Waals surface area contributed by atoms with Gasteiger partial charge in [0.1, 0.15) is 0 Å². The zero-order chi connectivity index (χ0) is 38.0. The van der Waals surface area contributed by atoms with Crippen molar-refractivity contribution in [3.8, 4) is 0 Å². The van der Waals surface area contributed by atoms with Crippen LogP contribution in [0.3, 0.4) is 0 Å². The average Bonchev–Trinajstić information content (AvgIpc) is 2.38. The molecule has 0 aliphatic carbocycles. The molecule has 0 N–H and O–H groups in total. The van der Waals surface area contributed by atoms with Crippen molar-refractivity contribution in [2.75, 3.05) is 0 Å². The molecule has 0 aliphatic rings. The summed E-state index contributed by atoms with van der Waals surface area (Å²) in [5, 5.41) is 0. The van der Waals surface area contributed by atoms with E-state index in [-0.39, 0.29) is 61.7 Å². The Morgan fingerprint density at radius 1 is 0.250 bits per heavy atom. The van der Waals surface area contributed by atoms with Gasteiger partial charge in [0.05, 0.1) is 0 Å². The van der Waals surface area contributed by atoms with E-state index in [1.54, 1.807) is 0 Å². The molecule has 0 bridgehead atoms. The van der Waals surface area contributed by atoms with Crippen LogP contribution in [0, 0.1) is 0 Å². The Morgan fingerprint density at radius 3 is 0.295 bits per heavy atom. The molecule has 14 radical (unpaired) electrons. The van der Waals surface area contributed by atoms with Crippen molar-refractivity contribution in [2.45, 2.75) is 237 Å². The summed E-state index contributed by atoms with van der Waals surface area (Å²) in [7, 11) is 0. The van der Waals surface area contributed by atoms with Crippen molar-refractivity contribution in [3.63, 3.8) is 0 Å². The molecule has 0 spiro atoms. The molecular formula is C38H86Ge6. The van der Waals surface area contributed by atoms with Gasteiger partial charge in [-0.2, -0.15) is 0 Å². The average molecular weight is 979 g/mol. The van der Waals surface area contributed by atoms with E-state index in [9.17, 15) is 0 Å². The normalized spacial score (nSPS) is 13.1. The van der Waals surface area contributed by atoms with Crippen molar-refractivity contribution in [1.29, 1.82) is 0 Å². The first kappa shape index (κ1) is 59.4. The zero-order valence-corrected chi connectivity index (χ0v) is 48.7. The summed E-state index contributed by atoms with van der Waals surface area (Å²) in [6, 6.07) is 0.